The van der Waals surface area contributed by atoms with Gasteiger partial charge in [0.05, 0.1) is 0 Å². The molecule has 27 heavy (non-hydrogen) atoms. The average molecular weight is 364 g/mol. The van der Waals surface area contributed by atoms with Crippen LogP contribution in [-0.4, -0.2) is 34.7 Å². The number of anilines is 1. The second-order valence-corrected chi connectivity index (χ2v) is 6.52. The van der Waals surface area contributed by atoms with Crippen molar-refractivity contribution in [1.82, 2.24) is 34.7 Å². The van der Waals surface area contributed by atoms with Gasteiger partial charge in [0.2, 0.25) is 11.7 Å². The molecule has 1 unspecified atom stereocenters. The quantitative estimate of drug-likeness (QED) is 0.556. The first-order valence-electron chi connectivity index (χ1n) is 8.86. The Bertz CT molecular complexity index is 1040. The van der Waals surface area contributed by atoms with Crippen molar-refractivity contribution in [1.29, 1.82) is 0 Å². The van der Waals surface area contributed by atoms with Gasteiger partial charge in [0, 0.05) is 29.7 Å². The highest BCUT2D eigenvalue weighted by Gasteiger charge is 2.24. The number of fused-ring (bicyclic) bond motifs is 1. The lowest BCUT2D eigenvalue weighted by molar-refractivity contribution is 0.335. The van der Waals surface area contributed by atoms with Gasteiger partial charge >= 0.3 is 0 Å². The molecule has 1 atom stereocenters. The Morgan fingerprint density at radius 1 is 1.19 bits per heavy atom. The first-order chi connectivity index (χ1) is 13.2. The molecular formula is C18H20N8O. The minimum absolute atomic E-state index is 0.187. The van der Waals surface area contributed by atoms with E-state index in [1.54, 1.807) is 16.9 Å². The van der Waals surface area contributed by atoms with Crippen LogP contribution in [0.25, 0.3) is 17.2 Å². The van der Waals surface area contributed by atoms with Crippen molar-refractivity contribution in [3.8, 4) is 11.4 Å². The van der Waals surface area contributed by atoms with E-state index in [4.69, 9.17) is 4.52 Å². The lowest BCUT2D eigenvalue weighted by Crippen LogP contribution is -2.19. The zero-order valence-electron chi connectivity index (χ0n) is 15.4. The van der Waals surface area contributed by atoms with Crippen molar-refractivity contribution >= 4 is 11.6 Å². The highest BCUT2D eigenvalue weighted by molar-refractivity contribution is 5.53. The van der Waals surface area contributed by atoms with E-state index in [-0.39, 0.29) is 12.0 Å². The first-order valence-corrected chi connectivity index (χ1v) is 8.86. The van der Waals surface area contributed by atoms with Crippen LogP contribution in [0.5, 0.6) is 0 Å². The Kier molecular flexibility index (Phi) is 4.49. The molecular weight excluding hydrogens is 344 g/mol. The third kappa shape index (κ3) is 3.35. The molecule has 1 N–H and O–H groups in total. The third-order valence-corrected chi connectivity index (χ3v) is 4.28. The van der Waals surface area contributed by atoms with Crippen LogP contribution in [0.15, 0.2) is 41.4 Å². The smallest absolute Gasteiger partial charge is 0.254 e. The van der Waals surface area contributed by atoms with Gasteiger partial charge in [0.25, 0.3) is 5.78 Å². The minimum Gasteiger partial charge on any atom is -0.358 e. The molecule has 0 aliphatic heterocycles. The Balaban J connectivity index is 1.69. The van der Waals surface area contributed by atoms with Crippen LogP contribution in [0.4, 0.5) is 5.82 Å². The predicted octanol–water partition coefficient (Wildman–Crippen LogP) is 2.94. The van der Waals surface area contributed by atoms with E-state index in [2.05, 4.69) is 56.3 Å². The first kappa shape index (κ1) is 17.1. The molecule has 0 amide bonds. The Morgan fingerprint density at radius 2 is 2.00 bits per heavy atom. The molecule has 0 saturated heterocycles. The van der Waals surface area contributed by atoms with Gasteiger partial charge in [-0.05, 0) is 24.5 Å². The number of hydrogen-bond donors (Lipinski definition) is 1. The van der Waals surface area contributed by atoms with Crippen molar-refractivity contribution in [2.45, 2.75) is 33.2 Å². The van der Waals surface area contributed by atoms with Crippen LogP contribution in [0.3, 0.4) is 0 Å². The summed E-state index contributed by atoms with van der Waals surface area (Å²) in [5, 5.41) is 11.9. The molecule has 4 aromatic rings. The Morgan fingerprint density at radius 3 is 2.74 bits per heavy atom. The third-order valence-electron chi connectivity index (χ3n) is 4.28. The molecule has 0 spiro atoms. The van der Waals surface area contributed by atoms with Crippen LogP contribution in [0, 0.1) is 5.92 Å². The monoisotopic (exact) mass is 364 g/mol. The van der Waals surface area contributed by atoms with E-state index in [9.17, 15) is 0 Å². The molecule has 4 rings (SSSR count). The van der Waals surface area contributed by atoms with E-state index in [0.29, 0.717) is 17.5 Å². The summed E-state index contributed by atoms with van der Waals surface area (Å²) < 4.78 is 7.24. The van der Waals surface area contributed by atoms with E-state index in [1.165, 1.54) is 6.33 Å². The van der Waals surface area contributed by atoms with Gasteiger partial charge in [-0.3, -0.25) is 4.98 Å². The molecule has 0 radical (unpaired) electrons. The van der Waals surface area contributed by atoms with Crippen molar-refractivity contribution in [3.63, 3.8) is 0 Å². The zero-order valence-corrected chi connectivity index (χ0v) is 15.4. The number of nitrogens with one attached hydrogen (secondary N) is 1. The number of aromatic nitrogens is 7. The van der Waals surface area contributed by atoms with E-state index in [0.717, 1.165) is 23.5 Å². The fourth-order valence-electron chi connectivity index (χ4n) is 2.80. The summed E-state index contributed by atoms with van der Waals surface area (Å²) in [5.41, 5.74) is 1.79. The largest absolute Gasteiger partial charge is 0.358 e. The summed E-state index contributed by atoms with van der Waals surface area (Å²) in [6.45, 7) is 6.24. The second-order valence-electron chi connectivity index (χ2n) is 6.52. The summed E-state index contributed by atoms with van der Waals surface area (Å²) in [7, 11) is 0. The van der Waals surface area contributed by atoms with Crippen molar-refractivity contribution in [2.24, 2.45) is 5.92 Å². The molecule has 4 heterocycles. The van der Waals surface area contributed by atoms with Crippen LogP contribution in [0.2, 0.25) is 0 Å². The SMILES string of the molecule is CCc1cc(NC(c2nc(-c3ccncc3)no2)C(C)C)n2ncnc2n1. The summed E-state index contributed by atoms with van der Waals surface area (Å²) >= 11 is 0. The highest BCUT2D eigenvalue weighted by Crippen LogP contribution is 2.27. The summed E-state index contributed by atoms with van der Waals surface area (Å²) in [6.07, 6.45) is 5.70. The maximum Gasteiger partial charge on any atom is 0.254 e. The van der Waals surface area contributed by atoms with Gasteiger partial charge in [-0.1, -0.05) is 25.9 Å². The molecule has 0 fully saturated rings. The number of rotatable bonds is 6. The molecule has 0 aliphatic rings. The topological polar surface area (TPSA) is 107 Å². The van der Waals surface area contributed by atoms with Gasteiger partial charge in [-0.15, -0.1) is 0 Å². The van der Waals surface area contributed by atoms with Crippen molar-refractivity contribution in [2.75, 3.05) is 5.32 Å². The van der Waals surface area contributed by atoms with E-state index >= 15 is 0 Å². The maximum absolute atomic E-state index is 5.56. The fraction of sp³-hybridized carbons (Fsp3) is 0.333. The van der Waals surface area contributed by atoms with Gasteiger partial charge in [-0.25, -0.2) is 4.98 Å². The van der Waals surface area contributed by atoms with E-state index < -0.39 is 0 Å². The molecule has 0 aromatic carbocycles. The number of nitrogens with zero attached hydrogens (tertiary/aromatic N) is 7. The maximum atomic E-state index is 5.56. The van der Waals surface area contributed by atoms with Gasteiger partial charge in [0.1, 0.15) is 18.2 Å². The molecule has 9 nitrogen and oxygen atoms in total. The highest BCUT2D eigenvalue weighted by atomic mass is 16.5. The molecule has 0 saturated carbocycles. The molecule has 0 bridgehead atoms. The second kappa shape index (κ2) is 7.10. The summed E-state index contributed by atoms with van der Waals surface area (Å²) in [6, 6.07) is 5.48. The normalized spacial score (nSPS) is 12.6. The van der Waals surface area contributed by atoms with Gasteiger partial charge < -0.3 is 9.84 Å². The fourth-order valence-corrected chi connectivity index (χ4v) is 2.80. The van der Waals surface area contributed by atoms with Crippen LogP contribution < -0.4 is 5.32 Å². The van der Waals surface area contributed by atoms with Gasteiger partial charge in [0.15, 0.2) is 0 Å². The van der Waals surface area contributed by atoms with Gasteiger partial charge in [-0.2, -0.15) is 19.6 Å². The van der Waals surface area contributed by atoms with Crippen molar-refractivity contribution in [3.05, 3.63) is 48.5 Å². The lowest BCUT2D eigenvalue weighted by Gasteiger charge is -2.20. The zero-order chi connectivity index (χ0) is 18.8. The predicted molar refractivity (Wildman–Crippen MR) is 98.9 cm³/mol. The average Bonchev–Trinajstić information content (AvgIpc) is 3.35. The van der Waals surface area contributed by atoms with Crippen LogP contribution >= 0.6 is 0 Å². The minimum atomic E-state index is -0.187. The molecule has 4 aromatic heterocycles. The lowest BCUT2D eigenvalue weighted by atomic mass is 10.0. The summed E-state index contributed by atoms with van der Waals surface area (Å²) in [5.74, 6) is 2.60. The van der Waals surface area contributed by atoms with Crippen molar-refractivity contribution < 1.29 is 4.52 Å². The number of hydrogen-bond acceptors (Lipinski definition) is 8. The number of pyridine rings is 1. The number of aryl methyl sites for hydroxylation is 1. The molecule has 0 aliphatic carbocycles. The van der Waals surface area contributed by atoms with Crippen LogP contribution in [-0.2, 0) is 6.42 Å². The Hall–Kier alpha value is -3.36. The molecule has 138 valence electrons. The molecule has 9 heteroatoms. The standard InChI is InChI=1S/C18H20N8O/c1-4-13-9-14(26-18(22-13)20-10-21-26)23-15(11(2)3)17-24-16(25-27-17)12-5-7-19-8-6-12/h5-11,15,23H,4H2,1-3H3. The van der Waals surface area contributed by atoms with E-state index in [1.807, 2.05) is 18.2 Å². The Labute approximate surface area is 155 Å². The van der Waals surface area contributed by atoms with Crippen LogP contribution in [0.1, 0.15) is 38.4 Å². The summed E-state index contributed by atoms with van der Waals surface area (Å²) in [4.78, 5) is 17.3.